The van der Waals surface area contributed by atoms with Crippen LogP contribution < -0.4 is 10.6 Å². The van der Waals surface area contributed by atoms with Crippen LogP contribution in [0.25, 0.3) is 0 Å². The highest BCUT2D eigenvalue weighted by Gasteiger charge is 2.30. The van der Waals surface area contributed by atoms with Gasteiger partial charge in [-0.05, 0) is 37.2 Å². The van der Waals surface area contributed by atoms with E-state index in [1.165, 1.54) is 50.8 Å². The van der Waals surface area contributed by atoms with Crippen LogP contribution in [-0.4, -0.2) is 49.6 Å². The lowest BCUT2D eigenvalue weighted by Gasteiger charge is -2.24. The van der Waals surface area contributed by atoms with Gasteiger partial charge >= 0.3 is 0 Å². The van der Waals surface area contributed by atoms with E-state index in [-0.39, 0.29) is 0 Å². The van der Waals surface area contributed by atoms with Gasteiger partial charge in [-0.25, -0.2) is 0 Å². The van der Waals surface area contributed by atoms with E-state index in [0.29, 0.717) is 12.0 Å². The van der Waals surface area contributed by atoms with Gasteiger partial charge in [0, 0.05) is 38.8 Å². The Labute approximate surface area is 153 Å². The molecular formula is C21H34N4. The summed E-state index contributed by atoms with van der Waals surface area (Å²) in [7, 11) is 1.87. The lowest BCUT2D eigenvalue weighted by atomic mass is 9.98. The fourth-order valence-electron chi connectivity index (χ4n) is 4.25. The molecule has 2 fully saturated rings. The molecular weight excluding hydrogens is 308 g/mol. The molecule has 2 N–H and O–H groups in total. The first-order chi connectivity index (χ1) is 12.3. The summed E-state index contributed by atoms with van der Waals surface area (Å²) in [5.41, 5.74) is 1.41. The lowest BCUT2D eigenvalue weighted by Crippen LogP contribution is -2.45. The Morgan fingerprint density at radius 1 is 1.20 bits per heavy atom. The maximum absolute atomic E-state index is 4.42. The van der Waals surface area contributed by atoms with Gasteiger partial charge in [0.2, 0.25) is 0 Å². The molecule has 1 aliphatic heterocycles. The number of benzene rings is 1. The standard InChI is InChI=1S/C21H34N4/c1-17(18-8-4-3-5-9-18)12-14-23-21(22-2)24-19-13-15-25(16-19)20-10-6-7-11-20/h3-5,8-9,17,19-20H,6-7,10-16H2,1-2H3,(H2,22,23,24). The third-order valence-electron chi connectivity index (χ3n) is 5.86. The molecule has 1 aliphatic carbocycles. The summed E-state index contributed by atoms with van der Waals surface area (Å²) >= 11 is 0. The molecule has 4 heteroatoms. The number of hydrogen-bond acceptors (Lipinski definition) is 2. The molecule has 0 bridgehead atoms. The number of guanidine groups is 1. The van der Waals surface area contributed by atoms with Gasteiger partial charge in [0.05, 0.1) is 0 Å². The maximum Gasteiger partial charge on any atom is 0.191 e. The summed E-state index contributed by atoms with van der Waals surface area (Å²) in [6, 6.07) is 12.1. The third-order valence-corrected chi connectivity index (χ3v) is 5.86. The van der Waals surface area contributed by atoms with Crippen molar-refractivity contribution in [3.05, 3.63) is 35.9 Å². The number of nitrogens with zero attached hydrogens (tertiary/aromatic N) is 2. The first-order valence-corrected chi connectivity index (χ1v) is 10.0. The zero-order valence-corrected chi connectivity index (χ0v) is 15.9. The number of nitrogens with one attached hydrogen (secondary N) is 2. The van der Waals surface area contributed by atoms with Crippen LogP contribution in [0.3, 0.4) is 0 Å². The van der Waals surface area contributed by atoms with Crippen LogP contribution in [0.4, 0.5) is 0 Å². The second-order valence-electron chi connectivity index (χ2n) is 7.66. The second kappa shape index (κ2) is 9.23. The minimum Gasteiger partial charge on any atom is -0.356 e. The van der Waals surface area contributed by atoms with Crippen LogP contribution >= 0.6 is 0 Å². The van der Waals surface area contributed by atoms with Crippen molar-refractivity contribution < 1.29 is 0 Å². The average Bonchev–Trinajstić information content (AvgIpc) is 3.33. The highest BCUT2D eigenvalue weighted by atomic mass is 15.3. The van der Waals surface area contributed by atoms with Crippen molar-refractivity contribution in [2.75, 3.05) is 26.7 Å². The highest BCUT2D eigenvalue weighted by Crippen LogP contribution is 2.26. The van der Waals surface area contributed by atoms with Gasteiger partial charge in [0.25, 0.3) is 0 Å². The topological polar surface area (TPSA) is 39.7 Å². The van der Waals surface area contributed by atoms with Gasteiger partial charge in [-0.3, -0.25) is 9.89 Å². The Hall–Kier alpha value is -1.55. The van der Waals surface area contributed by atoms with Crippen LogP contribution in [0.15, 0.2) is 35.3 Å². The molecule has 138 valence electrons. The predicted molar refractivity (Wildman–Crippen MR) is 106 cm³/mol. The molecule has 25 heavy (non-hydrogen) atoms. The van der Waals surface area contributed by atoms with Gasteiger partial charge in [-0.1, -0.05) is 50.1 Å². The normalized spacial score (nSPS) is 23.8. The molecule has 0 aromatic heterocycles. The molecule has 1 saturated carbocycles. The molecule has 1 aromatic carbocycles. The van der Waals surface area contributed by atoms with E-state index in [1.807, 2.05) is 7.05 Å². The Morgan fingerprint density at radius 3 is 2.68 bits per heavy atom. The minimum atomic E-state index is 0.540. The van der Waals surface area contributed by atoms with Gasteiger partial charge in [-0.15, -0.1) is 0 Å². The summed E-state index contributed by atoms with van der Waals surface area (Å²) in [5, 5.41) is 7.13. The van der Waals surface area contributed by atoms with Crippen LogP contribution in [-0.2, 0) is 0 Å². The van der Waals surface area contributed by atoms with Crippen molar-refractivity contribution in [1.82, 2.24) is 15.5 Å². The quantitative estimate of drug-likeness (QED) is 0.615. The first kappa shape index (κ1) is 18.2. The van der Waals surface area contributed by atoms with Gasteiger partial charge in [0.1, 0.15) is 0 Å². The zero-order valence-electron chi connectivity index (χ0n) is 15.9. The van der Waals surface area contributed by atoms with Crippen LogP contribution in [0.5, 0.6) is 0 Å². The van der Waals surface area contributed by atoms with E-state index >= 15 is 0 Å². The molecule has 1 heterocycles. The van der Waals surface area contributed by atoms with Crippen molar-refractivity contribution in [3.63, 3.8) is 0 Å². The average molecular weight is 343 g/mol. The predicted octanol–water partition coefficient (Wildman–Crippen LogP) is 3.36. The number of aliphatic imine (C=N–C) groups is 1. The molecule has 4 nitrogen and oxygen atoms in total. The molecule has 1 saturated heterocycles. The Kier molecular flexibility index (Phi) is 6.74. The molecule has 0 amide bonds. The third kappa shape index (κ3) is 5.21. The summed E-state index contributed by atoms with van der Waals surface area (Å²) in [5.74, 6) is 1.52. The van der Waals surface area contributed by atoms with Crippen molar-refractivity contribution in [2.45, 2.75) is 63.5 Å². The Morgan fingerprint density at radius 2 is 1.96 bits per heavy atom. The smallest absolute Gasteiger partial charge is 0.191 e. The molecule has 2 atom stereocenters. The summed E-state index contributed by atoms with van der Waals surface area (Å²) in [6.07, 6.45) is 7.99. The van der Waals surface area contributed by atoms with Gasteiger partial charge < -0.3 is 10.6 Å². The molecule has 3 rings (SSSR count). The fraction of sp³-hybridized carbons (Fsp3) is 0.667. The molecule has 2 unspecified atom stereocenters. The summed E-state index contributed by atoms with van der Waals surface area (Å²) in [4.78, 5) is 7.11. The van der Waals surface area contributed by atoms with Crippen molar-refractivity contribution in [2.24, 2.45) is 4.99 Å². The molecule has 1 aromatic rings. The maximum atomic E-state index is 4.42. The molecule has 0 spiro atoms. The van der Waals surface area contributed by atoms with E-state index in [4.69, 9.17) is 0 Å². The second-order valence-corrected chi connectivity index (χ2v) is 7.66. The Balaban J connectivity index is 1.38. The zero-order chi connectivity index (χ0) is 17.5. The van der Waals surface area contributed by atoms with Crippen LogP contribution in [0.1, 0.15) is 56.9 Å². The highest BCUT2D eigenvalue weighted by molar-refractivity contribution is 5.80. The van der Waals surface area contributed by atoms with Crippen molar-refractivity contribution in [1.29, 1.82) is 0 Å². The number of rotatable bonds is 6. The monoisotopic (exact) mass is 342 g/mol. The van der Waals surface area contributed by atoms with E-state index in [9.17, 15) is 0 Å². The van der Waals surface area contributed by atoms with Crippen LogP contribution in [0, 0.1) is 0 Å². The molecule has 2 aliphatic rings. The number of hydrogen-bond donors (Lipinski definition) is 2. The fourth-order valence-corrected chi connectivity index (χ4v) is 4.25. The largest absolute Gasteiger partial charge is 0.356 e. The summed E-state index contributed by atoms with van der Waals surface area (Å²) in [6.45, 7) is 5.66. The SMILES string of the molecule is CN=C(NCCC(C)c1ccccc1)NC1CCN(C2CCCC2)C1. The van der Waals surface area contributed by atoms with E-state index < -0.39 is 0 Å². The first-order valence-electron chi connectivity index (χ1n) is 10.0. The van der Waals surface area contributed by atoms with Crippen molar-refractivity contribution in [3.8, 4) is 0 Å². The van der Waals surface area contributed by atoms with E-state index in [0.717, 1.165) is 25.0 Å². The van der Waals surface area contributed by atoms with E-state index in [1.54, 1.807) is 0 Å². The lowest BCUT2D eigenvalue weighted by molar-refractivity contribution is 0.242. The van der Waals surface area contributed by atoms with Gasteiger partial charge in [0.15, 0.2) is 5.96 Å². The summed E-state index contributed by atoms with van der Waals surface area (Å²) < 4.78 is 0. The van der Waals surface area contributed by atoms with Crippen molar-refractivity contribution >= 4 is 5.96 Å². The van der Waals surface area contributed by atoms with Crippen LogP contribution in [0.2, 0.25) is 0 Å². The minimum absolute atomic E-state index is 0.540. The Bertz CT molecular complexity index is 536. The number of likely N-dealkylation sites (tertiary alicyclic amines) is 1. The van der Waals surface area contributed by atoms with E-state index in [2.05, 4.69) is 57.8 Å². The van der Waals surface area contributed by atoms with Gasteiger partial charge in [-0.2, -0.15) is 0 Å². The molecule has 0 radical (unpaired) electrons.